The lowest BCUT2D eigenvalue weighted by molar-refractivity contribution is -0.131. The summed E-state index contributed by atoms with van der Waals surface area (Å²) in [5, 5.41) is 0. The molecule has 110 valence electrons. The Labute approximate surface area is 117 Å². The third kappa shape index (κ3) is 4.28. The summed E-state index contributed by atoms with van der Waals surface area (Å²) in [5.41, 5.74) is 0.416. The fourth-order valence-corrected chi connectivity index (χ4v) is 3.37. The van der Waals surface area contributed by atoms with Crippen molar-refractivity contribution in [2.24, 2.45) is 17.3 Å². The van der Waals surface area contributed by atoms with E-state index in [2.05, 4.69) is 25.7 Å². The SMILES string of the molecule is CC(C)(C)C1CCCN(CC2COCCC2=O)CC1. The molecule has 2 aliphatic heterocycles. The lowest BCUT2D eigenvalue weighted by Crippen LogP contribution is -2.39. The number of hydrogen-bond acceptors (Lipinski definition) is 3. The number of ether oxygens (including phenoxy) is 1. The van der Waals surface area contributed by atoms with E-state index < -0.39 is 0 Å². The van der Waals surface area contributed by atoms with Crippen LogP contribution in [0.2, 0.25) is 0 Å². The van der Waals surface area contributed by atoms with E-state index in [1.165, 1.54) is 19.3 Å². The molecule has 19 heavy (non-hydrogen) atoms. The molecule has 2 unspecified atom stereocenters. The molecule has 2 saturated heterocycles. The molecular formula is C16H29NO2. The molecule has 2 atom stereocenters. The van der Waals surface area contributed by atoms with Crippen molar-refractivity contribution < 1.29 is 9.53 Å². The first-order chi connectivity index (χ1) is 8.97. The maximum Gasteiger partial charge on any atom is 0.141 e. The molecule has 2 heterocycles. The number of carbonyl (C=O) groups excluding carboxylic acids is 1. The Morgan fingerprint density at radius 2 is 2.05 bits per heavy atom. The first-order valence-electron chi connectivity index (χ1n) is 7.79. The molecule has 0 amide bonds. The average molecular weight is 267 g/mol. The van der Waals surface area contributed by atoms with Gasteiger partial charge in [0.05, 0.1) is 19.1 Å². The zero-order chi connectivity index (χ0) is 13.9. The van der Waals surface area contributed by atoms with Crippen LogP contribution in [0.3, 0.4) is 0 Å². The van der Waals surface area contributed by atoms with Crippen molar-refractivity contribution in [1.29, 1.82) is 0 Å². The molecule has 2 aliphatic rings. The second-order valence-electron chi connectivity index (χ2n) is 7.28. The molecule has 0 bridgehead atoms. The van der Waals surface area contributed by atoms with Crippen LogP contribution in [0, 0.1) is 17.3 Å². The highest BCUT2D eigenvalue weighted by atomic mass is 16.5. The van der Waals surface area contributed by atoms with Gasteiger partial charge >= 0.3 is 0 Å². The molecular weight excluding hydrogens is 238 g/mol. The minimum Gasteiger partial charge on any atom is -0.380 e. The average Bonchev–Trinajstić information content (AvgIpc) is 2.57. The van der Waals surface area contributed by atoms with Crippen LogP contribution in [-0.4, -0.2) is 43.5 Å². The van der Waals surface area contributed by atoms with Gasteiger partial charge in [-0.3, -0.25) is 4.79 Å². The van der Waals surface area contributed by atoms with Crippen molar-refractivity contribution in [2.45, 2.75) is 46.5 Å². The summed E-state index contributed by atoms with van der Waals surface area (Å²) >= 11 is 0. The zero-order valence-electron chi connectivity index (χ0n) is 12.8. The minimum atomic E-state index is 0.125. The Bertz CT molecular complexity index is 308. The lowest BCUT2D eigenvalue weighted by atomic mass is 9.77. The predicted octanol–water partition coefficient (Wildman–Crippen LogP) is 2.74. The number of likely N-dealkylation sites (tertiary alicyclic amines) is 1. The van der Waals surface area contributed by atoms with Gasteiger partial charge in [-0.05, 0) is 43.7 Å². The van der Waals surface area contributed by atoms with Crippen LogP contribution in [0.15, 0.2) is 0 Å². The number of rotatable bonds is 2. The Hall–Kier alpha value is -0.410. The van der Waals surface area contributed by atoms with Crippen molar-refractivity contribution in [2.75, 3.05) is 32.8 Å². The lowest BCUT2D eigenvalue weighted by Gasteiger charge is -2.30. The molecule has 0 aromatic rings. The highest BCUT2D eigenvalue weighted by molar-refractivity contribution is 5.82. The van der Waals surface area contributed by atoms with Gasteiger partial charge in [-0.2, -0.15) is 0 Å². The van der Waals surface area contributed by atoms with E-state index in [0.29, 0.717) is 30.8 Å². The van der Waals surface area contributed by atoms with E-state index in [0.717, 1.165) is 25.6 Å². The molecule has 0 aliphatic carbocycles. The summed E-state index contributed by atoms with van der Waals surface area (Å²) in [7, 11) is 0. The number of Topliss-reactive ketones (excluding diaryl/α,β-unsaturated/α-hetero) is 1. The summed E-state index contributed by atoms with van der Waals surface area (Å²) in [4.78, 5) is 14.4. The Kier molecular flexibility index (Phi) is 5.02. The molecule has 0 spiro atoms. The molecule has 2 fully saturated rings. The zero-order valence-corrected chi connectivity index (χ0v) is 12.8. The van der Waals surface area contributed by atoms with E-state index in [4.69, 9.17) is 4.74 Å². The quantitative estimate of drug-likeness (QED) is 0.770. The van der Waals surface area contributed by atoms with Gasteiger partial charge in [0.15, 0.2) is 0 Å². The maximum absolute atomic E-state index is 11.9. The number of ketones is 1. The summed E-state index contributed by atoms with van der Waals surface area (Å²) in [6.07, 6.45) is 4.48. The van der Waals surface area contributed by atoms with Gasteiger partial charge in [-0.1, -0.05) is 20.8 Å². The normalized spacial score (nSPS) is 31.2. The summed E-state index contributed by atoms with van der Waals surface area (Å²) < 4.78 is 5.45. The maximum atomic E-state index is 11.9. The van der Waals surface area contributed by atoms with Crippen LogP contribution in [0.5, 0.6) is 0 Å². The van der Waals surface area contributed by atoms with Crippen LogP contribution in [0.1, 0.15) is 46.5 Å². The molecule has 0 N–H and O–H groups in total. The van der Waals surface area contributed by atoms with Gasteiger partial charge in [-0.25, -0.2) is 0 Å². The van der Waals surface area contributed by atoms with Crippen molar-refractivity contribution in [1.82, 2.24) is 4.90 Å². The van der Waals surface area contributed by atoms with Crippen molar-refractivity contribution >= 4 is 5.78 Å². The Morgan fingerprint density at radius 1 is 1.26 bits per heavy atom. The van der Waals surface area contributed by atoms with Crippen LogP contribution in [0.4, 0.5) is 0 Å². The smallest absolute Gasteiger partial charge is 0.141 e. The number of hydrogen-bond donors (Lipinski definition) is 0. The standard InChI is InChI=1S/C16H29NO2/c1-16(2,3)14-5-4-8-17(9-6-14)11-13-12-19-10-7-15(13)18/h13-14H,4-12H2,1-3H3. The second-order valence-corrected chi connectivity index (χ2v) is 7.28. The molecule has 0 radical (unpaired) electrons. The number of nitrogens with zero attached hydrogens (tertiary/aromatic N) is 1. The van der Waals surface area contributed by atoms with Gasteiger partial charge < -0.3 is 9.64 Å². The van der Waals surface area contributed by atoms with Crippen molar-refractivity contribution in [3.05, 3.63) is 0 Å². The largest absolute Gasteiger partial charge is 0.380 e. The first kappa shape index (κ1) is 15.0. The topological polar surface area (TPSA) is 29.5 Å². The molecule has 3 heteroatoms. The van der Waals surface area contributed by atoms with E-state index in [-0.39, 0.29) is 5.92 Å². The summed E-state index contributed by atoms with van der Waals surface area (Å²) in [5.74, 6) is 1.35. The van der Waals surface area contributed by atoms with Crippen LogP contribution < -0.4 is 0 Å². The predicted molar refractivity (Wildman–Crippen MR) is 77.2 cm³/mol. The molecule has 2 rings (SSSR count). The van der Waals surface area contributed by atoms with E-state index in [1.807, 2.05) is 0 Å². The van der Waals surface area contributed by atoms with Gasteiger partial charge in [0.25, 0.3) is 0 Å². The molecule has 3 nitrogen and oxygen atoms in total. The van der Waals surface area contributed by atoms with Gasteiger partial charge in [-0.15, -0.1) is 0 Å². The highest BCUT2D eigenvalue weighted by Gasteiger charge is 2.29. The van der Waals surface area contributed by atoms with Crippen LogP contribution >= 0.6 is 0 Å². The molecule has 0 aromatic heterocycles. The minimum absolute atomic E-state index is 0.125. The van der Waals surface area contributed by atoms with Crippen LogP contribution in [-0.2, 0) is 9.53 Å². The highest BCUT2D eigenvalue weighted by Crippen LogP contribution is 2.34. The summed E-state index contributed by atoms with van der Waals surface area (Å²) in [6.45, 7) is 11.5. The van der Waals surface area contributed by atoms with Gasteiger partial charge in [0.2, 0.25) is 0 Å². The Balaban J connectivity index is 1.84. The molecule has 0 aromatic carbocycles. The monoisotopic (exact) mass is 267 g/mol. The van der Waals surface area contributed by atoms with E-state index in [1.54, 1.807) is 0 Å². The third-order valence-corrected chi connectivity index (χ3v) is 4.79. The fourth-order valence-electron chi connectivity index (χ4n) is 3.37. The number of carbonyl (C=O) groups is 1. The second kappa shape index (κ2) is 6.36. The van der Waals surface area contributed by atoms with E-state index >= 15 is 0 Å². The van der Waals surface area contributed by atoms with Crippen molar-refractivity contribution in [3.63, 3.8) is 0 Å². The third-order valence-electron chi connectivity index (χ3n) is 4.79. The Morgan fingerprint density at radius 3 is 2.74 bits per heavy atom. The fraction of sp³-hybridized carbons (Fsp3) is 0.938. The van der Waals surface area contributed by atoms with Crippen LogP contribution in [0.25, 0.3) is 0 Å². The van der Waals surface area contributed by atoms with Gasteiger partial charge in [0, 0.05) is 13.0 Å². The summed E-state index contributed by atoms with van der Waals surface area (Å²) in [6, 6.07) is 0. The molecule has 0 saturated carbocycles. The first-order valence-corrected chi connectivity index (χ1v) is 7.79. The van der Waals surface area contributed by atoms with Gasteiger partial charge in [0.1, 0.15) is 5.78 Å². The van der Waals surface area contributed by atoms with E-state index in [9.17, 15) is 4.79 Å². The van der Waals surface area contributed by atoms with Crippen molar-refractivity contribution in [3.8, 4) is 0 Å².